The van der Waals surface area contributed by atoms with Gasteiger partial charge in [-0.1, -0.05) is 6.07 Å². The summed E-state index contributed by atoms with van der Waals surface area (Å²) in [6.07, 6.45) is 3.56. The first-order valence-corrected chi connectivity index (χ1v) is 6.32. The minimum absolute atomic E-state index is 0.631. The van der Waals surface area contributed by atoms with Crippen LogP contribution in [0.25, 0.3) is 0 Å². The van der Waals surface area contributed by atoms with Gasteiger partial charge in [0.25, 0.3) is 0 Å². The zero-order chi connectivity index (χ0) is 13.5. The number of benzene rings is 1. The molecule has 0 saturated carbocycles. The maximum atomic E-state index is 5.49. The fourth-order valence-electron chi connectivity index (χ4n) is 1.82. The first kappa shape index (κ1) is 13.4. The van der Waals surface area contributed by atoms with Crippen LogP contribution in [0.1, 0.15) is 18.3 Å². The van der Waals surface area contributed by atoms with Gasteiger partial charge in [-0.25, -0.2) is 4.98 Å². The van der Waals surface area contributed by atoms with E-state index >= 15 is 0 Å². The number of nitrogens with zero attached hydrogens (tertiary/aromatic N) is 1. The molecule has 0 saturated heterocycles. The van der Waals surface area contributed by atoms with Crippen molar-refractivity contribution in [2.45, 2.75) is 20.0 Å². The lowest BCUT2D eigenvalue weighted by Gasteiger charge is -2.11. The normalized spacial score (nSPS) is 10.4. The molecule has 0 amide bonds. The third-order valence-electron chi connectivity index (χ3n) is 2.70. The van der Waals surface area contributed by atoms with Crippen molar-refractivity contribution in [2.24, 2.45) is 0 Å². The number of ether oxygens (including phenoxy) is 2. The van der Waals surface area contributed by atoms with Crippen LogP contribution < -0.4 is 14.8 Å². The van der Waals surface area contributed by atoms with Crippen LogP contribution in [0, 0.1) is 0 Å². The molecule has 1 aromatic carbocycles. The maximum Gasteiger partial charge on any atom is 0.161 e. The predicted octanol–water partition coefficient (Wildman–Crippen LogP) is 2.11. The van der Waals surface area contributed by atoms with Gasteiger partial charge in [0.1, 0.15) is 5.82 Å². The van der Waals surface area contributed by atoms with Crippen LogP contribution in [-0.4, -0.2) is 23.7 Å². The number of imidazole rings is 1. The van der Waals surface area contributed by atoms with Gasteiger partial charge in [-0.3, -0.25) is 0 Å². The van der Waals surface area contributed by atoms with E-state index in [-0.39, 0.29) is 0 Å². The zero-order valence-corrected chi connectivity index (χ0v) is 11.3. The Bertz CT molecular complexity index is 497. The van der Waals surface area contributed by atoms with Crippen molar-refractivity contribution < 1.29 is 9.47 Å². The van der Waals surface area contributed by atoms with E-state index in [0.717, 1.165) is 29.4 Å². The summed E-state index contributed by atoms with van der Waals surface area (Å²) in [5.74, 6) is 2.47. The topological polar surface area (TPSA) is 59.2 Å². The zero-order valence-electron chi connectivity index (χ0n) is 11.3. The minimum atomic E-state index is 0.631. The summed E-state index contributed by atoms with van der Waals surface area (Å²) in [5, 5.41) is 3.32. The van der Waals surface area contributed by atoms with Gasteiger partial charge >= 0.3 is 0 Å². The van der Waals surface area contributed by atoms with E-state index in [1.54, 1.807) is 13.3 Å². The van der Waals surface area contributed by atoms with Crippen LogP contribution in [0.15, 0.2) is 30.6 Å². The molecule has 2 aromatic rings. The molecule has 0 spiro atoms. The summed E-state index contributed by atoms with van der Waals surface area (Å²) in [6.45, 7) is 4.05. The average molecular weight is 261 g/mol. The van der Waals surface area contributed by atoms with Gasteiger partial charge in [0.2, 0.25) is 0 Å². The van der Waals surface area contributed by atoms with Crippen molar-refractivity contribution >= 4 is 0 Å². The van der Waals surface area contributed by atoms with E-state index in [0.29, 0.717) is 13.2 Å². The molecule has 102 valence electrons. The van der Waals surface area contributed by atoms with Crippen LogP contribution in [0.5, 0.6) is 11.5 Å². The van der Waals surface area contributed by atoms with E-state index < -0.39 is 0 Å². The smallest absolute Gasteiger partial charge is 0.161 e. The highest BCUT2D eigenvalue weighted by atomic mass is 16.5. The fraction of sp³-hybridized carbons (Fsp3) is 0.357. The standard InChI is InChI=1S/C14H19N3O2/c1-3-19-12-5-4-11(8-13(12)18-2)9-15-10-14-16-6-7-17-14/h4-8,15H,3,9-10H2,1-2H3,(H,16,17). The summed E-state index contributed by atoms with van der Waals surface area (Å²) in [7, 11) is 1.65. The van der Waals surface area contributed by atoms with E-state index in [1.807, 2.05) is 31.3 Å². The number of nitrogens with one attached hydrogen (secondary N) is 2. The second-order valence-corrected chi connectivity index (χ2v) is 4.06. The molecule has 0 fully saturated rings. The summed E-state index contributed by atoms with van der Waals surface area (Å²) in [4.78, 5) is 7.21. The van der Waals surface area contributed by atoms with Crippen molar-refractivity contribution in [3.63, 3.8) is 0 Å². The molecule has 0 aliphatic rings. The highest BCUT2D eigenvalue weighted by Gasteiger charge is 2.05. The number of hydrogen-bond donors (Lipinski definition) is 2. The molecule has 0 unspecified atom stereocenters. The second-order valence-electron chi connectivity index (χ2n) is 4.06. The van der Waals surface area contributed by atoms with E-state index in [1.165, 1.54) is 0 Å². The Kier molecular flexibility index (Phi) is 4.80. The average Bonchev–Trinajstić information content (AvgIpc) is 2.94. The molecule has 1 aromatic heterocycles. The lowest BCUT2D eigenvalue weighted by atomic mass is 10.2. The van der Waals surface area contributed by atoms with Crippen LogP contribution in [0.4, 0.5) is 0 Å². The first-order valence-electron chi connectivity index (χ1n) is 6.32. The Balaban J connectivity index is 1.93. The molecule has 0 aliphatic carbocycles. The SMILES string of the molecule is CCOc1ccc(CNCc2ncc[nH]2)cc1OC. The highest BCUT2D eigenvalue weighted by Crippen LogP contribution is 2.27. The Labute approximate surface area is 113 Å². The van der Waals surface area contributed by atoms with Crippen molar-refractivity contribution in [1.82, 2.24) is 15.3 Å². The second kappa shape index (κ2) is 6.80. The van der Waals surface area contributed by atoms with Crippen molar-refractivity contribution in [2.75, 3.05) is 13.7 Å². The Hall–Kier alpha value is -2.01. The van der Waals surface area contributed by atoms with E-state index in [4.69, 9.17) is 9.47 Å². The van der Waals surface area contributed by atoms with Gasteiger partial charge in [0.15, 0.2) is 11.5 Å². The van der Waals surface area contributed by atoms with Crippen LogP contribution in [0.2, 0.25) is 0 Å². The first-order chi connectivity index (χ1) is 9.33. The molecule has 5 nitrogen and oxygen atoms in total. The third kappa shape index (κ3) is 3.72. The minimum Gasteiger partial charge on any atom is -0.493 e. The van der Waals surface area contributed by atoms with Crippen molar-refractivity contribution in [3.05, 3.63) is 42.0 Å². The van der Waals surface area contributed by atoms with Gasteiger partial charge in [0, 0.05) is 18.9 Å². The Morgan fingerprint density at radius 1 is 1.26 bits per heavy atom. The molecular formula is C14H19N3O2. The summed E-state index contributed by atoms with van der Waals surface area (Å²) in [6, 6.07) is 5.95. The van der Waals surface area contributed by atoms with Gasteiger partial charge in [0.05, 0.1) is 20.3 Å². The maximum absolute atomic E-state index is 5.49. The largest absolute Gasteiger partial charge is 0.493 e. The van der Waals surface area contributed by atoms with E-state index in [9.17, 15) is 0 Å². The van der Waals surface area contributed by atoms with Gasteiger partial charge < -0.3 is 19.8 Å². The highest BCUT2D eigenvalue weighted by molar-refractivity contribution is 5.42. The van der Waals surface area contributed by atoms with Crippen molar-refractivity contribution in [1.29, 1.82) is 0 Å². The number of aromatic amines is 1. The van der Waals surface area contributed by atoms with Crippen LogP contribution in [-0.2, 0) is 13.1 Å². The Morgan fingerprint density at radius 2 is 2.16 bits per heavy atom. The summed E-state index contributed by atoms with van der Waals surface area (Å²) < 4.78 is 10.8. The lowest BCUT2D eigenvalue weighted by Crippen LogP contribution is -2.13. The lowest BCUT2D eigenvalue weighted by molar-refractivity contribution is 0.310. The summed E-state index contributed by atoms with van der Waals surface area (Å²) >= 11 is 0. The molecule has 2 N–H and O–H groups in total. The number of H-pyrrole nitrogens is 1. The molecule has 0 aliphatic heterocycles. The predicted molar refractivity (Wildman–Crippen MR) is 73.3 cm³/mol. The van der Waals surface area contributed by atoms with Gasteiger partial charge in [-0.05, 0) is 24.6 Å². The Morgan fingerprint density at radius 3 is 2.84 bits per heavy atom. The van der Waals surface area contributed by atoms with Crippen molar-refractivity contribution in [3.8, 4) is 11.5 Å². The van der Waals surface area contributed by atoms with Crippen LogP contribution in [0.3, 0.4) is 0 Å². The molecule has 1 heterocycles. The molecule has 5 heteroatoms. The van der Waals surface area contributed by atoms with E-state index in [2.05, 4.69) is 15.3 Å². The van der Waals surface area contributed by atoms with Gasteiger partial charge in [-0.2, -0.15) is 0 Å². The summed E-state index contributed by atoms with van der Waals surface area (Å²) in [5.41, 5.74) is 1.15. The molecular weight excluding hydrogens is 242 g/mol. The number of hydrogen-bond acceptors (Lipinski definition) is 4. The quantitative estimate of drug-likeness (QED) is 0.801. The fourth-order valence-corrected chi connectivity index (χ4v) is 1.82. The molecule has 19 heavy (non-hydrogen) atoms. The molecule has 0 atom stereocenters. The van der Waals surface area contributed by atoms with Gasteiger partial charge in [-0.15, -0.1) is 0 Å². The van der Waals surface area contributed by atoms with Crippen LogP contribution >= 0.6 is 0 Å². The monoisotopic (exact) mass is 261 g/mol. The number of aromatic nitrogens is 2. The number of methoxy groups -OCH3 is 1. The molecule has 0 radical (unpaired) electrons. The molecule has 2 rings (SSSR count). The molecule has 0 bridgehead atoms. The number of rotatable bonds is 7. The third-order valence-corrected chi connectivity index (χ3v) is 2.70.